The van der Waals surface area contributed by atoms with Crippen molar-refractivity contribution in [2.24, 2.45) is 0 Å². The van der Waals surface area contributed by atoms with Crippen LogP contribution in [-0.2, 0) is 6.42 Å². The second-order valence-electron chi connectivity index (χ2n) is 11.3. The lowest BCUT2D eigenvalue weighted by Crippen LogP contribution is -2.46. The van der Waals surface area contributed by atoms with Crippen molar-refractivity contribution in [3.05, 3.63) is 11.1 Å². The Labute approximate surface area is 226 Å². The zero-order chi connectivity index (χ0) is 26.0. The average Bonchev–Trinajstić information content (AvgIpc) is 3.37. The van der Waals surface area contributed by atoms with Gasteiger partial charge in [-0.2, -0.15) is 0 Å². The van der Waals surface area contributed by atoms with Crippen LogP contribution in [0.1, 0.15) is 101 Å². The molecular weight excluding hydrogens is 464 g/mol. The molecule has 210 valence electrons. The summed E-state index contributed by atoms with van der Waals surface area (Å²) in [5.41, 5.74) is 2.52. The monoisotopic (exact) mass is 516 g/mol. The molecule has 1 atom stereocenters. The van der Waals surface area contributed by atoms with Gasteiger partial charge >= 0.3 is 0 Å². The minimum atomic E-state index is 0.506. The minimum Gasteiger partial charge on any atom is -0.492 e. The fourth-order valence-electron chi connectivity index (χ4n) is 7.17. The van der Waals surface area contributed by atoms with Crippen LogP contribution < -0.4 is 18.9 Å². The fraction of sp³-hybridized carbons (Fsp3) is 0.806. The molecule has 1 unspecified atom stereocenters. The first-order valence-electron chi connectivity index (χ1n) is 15.1. The standard InChI is InChI=1S/C31H52N2O4/c1-34-28-26-16-15-24(27(26)29(35-2)31(37-4)30(28)36-3)14-10-7-5-6-8-11-19-32-22-17-25(18-23-32)33-20-12-9-13-21-33/h24-25H,5-23H2,1-4H3. The molecule has 0 bridgehead atoms. The first-order valence-corrected chi connectivity index (χ1v) is 15.1. The molecule has 0 saturated carbocycles. The largest absolute Gasteiger partial charge is 0.492 e. The number of rotatable bonds is 14. The third-order valence-electron chi connectivity index (χ3n) is 9.17. The Bertz CT molecular complexity index is 831. The molecule has 4 rings (SSSR count). The van der Waals surface area contributed by atoms with E-state index in [9.17, 15) is 0 Å². The van der Waals surface area contributed by atoms with Gasteiger partial charge in [0, 0.05) is 17.2 Å². The van der Waals surface area contributed by atoms with E-state index in [0.29, 0.717) is 17.4 Å². The van der Waals surface area contributed by atoms with E-state index in [1.54, 1.807) is 28.4 Å². The minimum absolute atomic E-state index is 0.506. The molecule has 0 N–H and O–H groups in total. The molecule has 1 aromatic rings. The number of likely N-dealkylation sites (tertiary alicyclic amines) is 2. The quantitative estimate of drug-likeness (QED) is 0.265. The van der Waals surface area contributed by atoms with E-state index in [0.717, 1.165) is 30.4 Å². The number of nitrogens with zero attached hydrogens (tertiary/aromatic N) is 2. The third-order valence-corrected chi connectivity index (χ3v) is 9.17. The van der Waals surface area contributed by atoms with Gasteiger partial charge in [-0.25, -0.2) is 0 Å². The molecule has 2 fully saturated rings. The maximum absolute atomic E-state index is 5.84. The van der Waals surface area contributed by atoms with E-state index in [1.165, 1.54) is 121 Å². The molecule has 0 amide bonds. The maximum Gasteiger partial charge on any atom is 0.207 e. The zero-order valence-electron chi connectivity index (χ0n) is 24.1. The Balaban J connectivity index is 1.13. The Morgan fingerprint density at radius 3 is 1.86 bits per heavy atom. The summed E-state index contributed by atoms with van der Waals surface area (Å²) in [5, 5.41) is 0. The van der Waals surface area contributed by atoms with E-state index < -0.39 is 0 Å². The highest BCUT2D eigenvalue weighted by Gasteiger charge is 2.35. The van der Waals surface area contributed by atoms with Gasteiger partial charge in [-0.15, -0.1) is 0 Å². The van der Waals surface area contributed by atoms with E-state index in [2.05, 4.69) is 9.80 Å². The lowest BCUT2D eigenvalue weighted by molar-refractivity contribution is 0.0918. The lowest BCUT2D eigenvalue weighted by Gasteiger charge is -2.40. The normalized spacial score (nSPS) is 21.1. The van der Waals surface area contributed by atoms with Crippen molar-refractivity contribution in [1.82, 2.24) is 9.80 Å². The van der Waals surface area contributed by atoms with E-state index in [1.807, 2.05) is 0 Å². The van der Waals surface area contributed by atoms with Gasteiger partial charge in [0.15, 0.2) is 11.5 Å². The lowest BCUT2D eigenvalue weighted by atomic mass is 9.93. The number of benzene rings is 1. The van der Waals surface area contributed by atoms with Gasteiger partial charge in [-0.1, -0.05) is 38.5 Å². The number of piperidine rings is 2. The molecule has 2 aliphatic heterocycles. The van der Waals surface area contributed by atoms with Gasteiger partial charge < -0.3 is 28.7 Å². The van der Waals surface area contributed by atoms with Crippen LogP contribution in [0.5, 0.6) is 23.0 Å². The van der Waals surface area contributed by atoms with Gasteiger partial charge in [0.2, 0.25) is 11.5 Å². The van der Waals surface area contributed by atoms with Crippen LogP contribution in [0.15, 0.2) is 0 Å². The molecule has 0 spiro atoms. The molecule has 0 aromatic heterocycles. The summed E-state index contributed by atoms with van der Waals surface area (Å²) in [6, 6.07) is 0.868. The Hall–Kier alpha value is -1.66. The predicted molar refractivity (Wildman–Crippen MR) is 151 cm³/mol. The molecule has 6 nitrogen and oxygen atoms in total. The highest BCUT2D eigenvalue weighted by atomic mass is 16.5. The topological polar surface area (TPSA) is 43.4 Å². The summed E-state index contributed by atoms with van der Waals surface area (Å²) in [6.45, 7) is 6.63. The van der Waals surface area contributed by atoms with Gasteiger partial charge in [0.1, 0.15) is 0 Å². The van der Waals surface area contributed by atoms with Crippen LogP contribution in [0, 0.1) is 0 Å². The Morgan fingerprint density at radius 1 is 0.622 bits per heavy atom. The van der Waals surface area contributed by atoms with E-state index in [4.69, 9.17) is 18.9 Å². The first-order chi connectivity index (χ1) is 18.2. The SMILES string of the molecule is COc1c2c(c(OC)c(OC)c1OC)C(CCCCCCCCN1CCC(N3CCCCC3)CC1)CC2. The number of fused-ring (bicyclic) bond motifs is 1. The van der Waals surface area contributed by atoms with Crippen LogP contribution in [0.3, 0.4) is 0 Å². The summed E-state index contributed by atoms with van der Waals surface area (Å²) in [6.07, 6.45) is 18.5. The van der Waals surface area contributed by atoms with Gasteiger partial charge in [0.25, 0.3) is 0 Å². The molecule has 6 heteroatoms. The van der Waals surface area contributed by atoms with Crippen molar-refractivity contribution in [1.29, 1.82) is 0 Å². The molecular formula is C31H52N2O4. The van der Waals surface area contributed by atoms with Gasteiger partial charge in [-0.05, 0) is 90.0 Å². The fourth-order valence-corrected chi connectivity index (χ4v) is 7.17. The number of unbranched alkanes of at least 4 members (excludes halogenated alkanes) is 5. The highest BCUT2D eigenvalue weighted by Crippen LogP contribution is 2.56. The number of hydrogen-bond donors (Lipinski definition) is 0. The summed E-state index contributed by atoms with van der Waals surface area (Å²) < 4.78 is 22.9. The summed E-state index contributed by atoms with van der Waals surface area (Å²) in [4.78, 5) is 5.51. The van der Waals surface area contributed by atoms with Crippen molar-refractivity contribution in [3.63, 3.8) is 0 Å². The third kappa shape index (κ3) is 6.86. The Morgan fingerprint density at radius 2 is 1.22 bits per heavy atom. The Kier molecular flexibility index (Phi) is 11.1. The summed E-state index contributed by atoms with van der Waals surface area (Å²) >= 11 is 0. The number of ether oxygens (including phenoxy) is 4. The van der Waals surface area contributed by atoms with Crippen molar-refractivity contribution < 1.29 is 18.9 Å². The van der Waals surface area contributed by atoms with Crippen molar-refractivity contribution in [2.75, 3.05) is 61.2 Å². The zero-order valence-corrected chi connectivity index (χ0v) is 24.1. The van der Waals surface area contributed by atoms with Crippen LogP contribution in [0.25, 0.3) is 0 Å². The number of methoxy groups -OCH3 is 4. The van der Waals surface area contributed by atoms with Gasteiger partial charge in [0.05, 0.1) is 28.4 Å². The molecule has 0 radical (unpaired) electrons. The molecule has 2 saturated heterocycles. The second kappa shape index (κ2) is 14.5. The van der Waals surface area contributed by atoms with Crippen LogP contribution in [-0.4, -0.2) is 77.0 Å². The van der Waals surface area contributed by atoms with Crippen LogP contribution >= 0.6 is 0 Å². The summed E-state index contributed by atoms with van der Waals surface area (Å²) in [5.74, 6) is 3.45. The highest BCUT2D eigenvalue weighted by molar-refractivity contribution is 5.69. The molecule has 3 aliphatic rings. The van der Waals surface area contributed by atoms with E-state index in [-0.39, 0.29) is 0 Å². The molecule has 1 aliphatic carbocycles. The summed E-state index contributed by atoms with van der Waals surface area (Å²) in [7, 11) is 6.79. The second-order valence-corrected chi connectivity index (χ2v) is 11.3. The van der Waals surface area contributed by atoms with Crippen molar-refractivity contribution >= 4 is 0 Å². The molecule has 2 heterocycles. The smallest absolute Gasteiger partial charge is 0.207 e. The van der Waals surface area contributed by atoms with Gasteiger partial charge in [-0.3, -0.25) is 0 Å². The first kappa shape index (κ1) is 28.4. The van der Waals surface area contributed by atoms with Crippen molar-refractivity contribution in [3.8, 4) is 23.0 Å². The predicted octanol–water partition coefficient (Wildman–Crippen LogP) is 6.43. The van der Waals surface area contributed by atoms with Crippen molar-refractivity contribution in [2.45, 2.75) is 102 Å². The molecule has 1 aromatic carbocycles. The number of hydrogen-bond acceptors (Lipinski definition) is 6. The molecule has 37 heavy (non-hydrogen) atoms. The average molecular weight is 517 g/mol. The maximum atomic E-state index is 5.84. The van der Waals surface area contributed by atoms with E-state index >= 15 is 0 Å². The van der Waals surface area contributed by atoms with Crippen LogP contribution in [0.4, 0.5) is 0 Å². The van der Waals surface area contributed by atoms with Crippen LogP contribution in [0.2, 0.25) is 0 Å².